The highest BCUT2D eigenvalue weighted by molar-refractivity contribution is 5.97. The molecule has 4 rings (SSSR count). The molecule has 3 heterocycles. The first kappa shape index (κ1) is 27.4. The number of piperidine rings is 1. The Balaban J connectivity index is 1.38. The molecular formula is C26H30N8O5. The van der Waals surface area contributed by atoms with Gasteiger partial charge in [-0.3, -0.25) is 19.4 Å². The zero-order valence-corrected chi connectivity index (χ0v) is 22.2. The molecule has 1 aromatic carbocycles. The molecule has 39 heavy (non-hydrogen) atoms. The number of anilines is 2. The van der Waals surface area contributed by atoms with E-state index in [9.17, 15) is 14.4 Å². The summed E-state index contributed by atoms with van der Waals surface area (Å²) >= 11 is 0. The summed E-state index contributed by atoms with van der Waals surface area (Å²) < 4.78 is 4.75. The molecule has 0 atom stereocenters. The second-order valence-corrected chi connectivity index (χ2v) is 9.33. The molecule has 2 amide bonds. The number of carbonyl (C=O) groups excluding carboxylic acids is 3. The fourth-order valence-corrected chi connectivity index (χ4v) is 4.15. The Hall–Kier alpha value is -4.65. The number of rotatable bonds is 7. The number of ether oxygens (including phenoxy) is 1. The monoisotopic (exact) mass is 534 g/mol. The number of aromatic nitrogens is 4. The van der Waals surface area contributed by atoms with Gasteiger partial charge in [0.1, 0.15) is 0 Å². The number of carbonyl (C=O) groups is 3. The van der Waals surface area contributed by atoms with Crippen molar-refractivity contribution in [1.29, 1.82) is 0 Å². The molecule has 0 aliphatic carbocycles. The van der Waals surface area contributed by atoms with Crippen LogP contribution in [0.3, 0.4) is 0 Å². The predicted octanol–water partition coefficient (Wildman–Crippen LogP) is 1.72. The van der Waals surface area contributed by atoms with E-state index >= 15 is 0 Å². The number of amides is 2. The summed E-state index contributed by atoms with van der Waals surface area (Å²) in [6.07, 6.45) is 2.74. The molecule has 204 valence electrons. The second kappa shape index (κ2) is 11.4. The van der Waals surface area contributed by atoms with Crippen LogP contribution in [0.5, 0.6) is 0 Å². The van der Waals surface area contributed by atoms with Crippen molar-refractivity contribution in [1.82, 2.24) is 30.5 Å². The Morgan fingerprint density at radius 3 is 2.31 bits per heavy atom. The summed E-state index contributed by atoms with van der Waals surface area (Å²) in [6.45, 7) is 3.14. The number of nitrogens with zero attached hydrogens (tertiary/aromatic N) is 6. The summed E-state index contributed by atoms with van der Waals surface area (Å²) in [6, 6.07) is 9.47. The first-order chi connectivity index (χ1) is 18.6. The normalized spacial score (nSPS) is 14.4. The van der Waals surface area contributed by atoms with Crippen LogP contribution in [-0.2, 0) is 9.57 Å². The van der Waals surface area contributed by atoms with Crippen molar-refractivity contribution < 1.29 is 24.0 Å². The number of nitrogens with two attached hydrogens (primary N) is 1. The van der Waals surface area contributed by atoms with Crippen LogP contribution in [0.1, 0.15) is 50.8 Å². The van der Waals surface area contributed by atoms with Gasteiger partial charge < -0.3 is 20.7 Å². The van der Waals surface area contributed by atoms with Crippen LogP contribution in [0.4, 0.5) is 11.8 Å². The molecule has 0 unspecified atom stereocenters. The highest BCUT2D eigenvalue weighted by Crippen LogP contribution is 2.27. The largest absolute Gasteiger partial charge is 0.465 e. The van der Waals surface area contributed by atoms with E-state index in [1.54, 1.807) is 24.3 Å². The van der Waals surface area contributed by atoms with E-state index in [-0.39, 0.29) is 23.3 Å². The van der Waals surface area contributed by atoms with Gasteiger partial charge in [-0.1, -0.05) is 0 Å². The topological polar surface area (TPSA) is 166 Å². The molecule has 13 heteroatoms. The number of hydrogen-bond donors (Lipinski definition) is 2. The minimum absolute atomic E-state index is 0.134. The smallest absolute Gasteiger partial charge is 0.337 e. The molecule has 0 radical (unpaired) electrons. The third-order valence-electron chi connectivity index (χ3n) is 6.65. The van der Waals surface area contributed by atoms with Gasteiger partial charge in [-0.2, -0.15) is 4.98 Å². The maximum atomic E-state index is 12.9. The van der Waals surface area contributed by atoms with E-state index in [1.165, 1.54) is 39.6 Å². The Morgan fingerprint density at radius 1 is 1.03 bits per heavy atom. The number of methoxy groups -OCH3 is 1. The first-order valence-corrected chi connectivity index (χ1v) is 12.2. The Labute approximate surface area is 225 Å². The number of hydrogen-bond acceptors (Lipinski definition) is 11. The molecule has 0 saturated carbocycles. The van der Waals surface area contributed by atoms with Crippen molar-refractivity contribution in [2.24, 2.45) is 0 Å². The minimum Gasteiger partial charge on any atom is -0.465 e. The van der Waals surface area contributed by atoms with Crippen LogP contribution in [-0.4, -0.2) is 82.9 Å². The fourth-order valence-electron chi connectivity index (χ4n) is 4.15. The summed E-state index contributed by atoms with van der Waals surface area (Å²) in [5.74, 6) is -0.525. The zero-order chi connectivity index (χ0) is 28.2. The van der Waals surface area contributed by atoms with E-state index in [0.717, 1.165) is 5.06 Å². The molecular weight excluding hydrogens is 504 g/mol. The number of benzene rings is 1. The molecule has 1 aliphatic heterocycles. The third-order valence-corrected chi connectivity index (χ3v) is 6.65. The molecule has 3 aromatic rings. The SMILES string of the molecule is COC(=O)c1ccnc(-c2nnc(N3CCC(C)(NC(=O)c4ccc(C(=O)N(C)OC)cc4)CC3)nc2N)c1. The second-order valence-electron chi connectivity index (χ2n) is 9.33. The molecule has 13 nitrogen and oxygen atoms in total. The zero-order valence-electron chi connectivity index (χ0n) is 22.2. The van der Waals surface area contributed by atoms with Crippen molar-refractivity contribution in [3.05, 3.63) is 59.3 Å². The van der Waals surface area contributed by atoms with E-state index in [2.05, 4.69) is 25.5 Å². The molecule has 1 aliphatic rings. The number of nitrogen functional groups attached to an aromatic ring is 1. The quantitative estimate of drug-likeness (QED) is 0.335. The lowest BCUT2D eigenvalue weighted by molar-refractivity contribution is -0.0757. The van der Waals surface area contributed by atoms with E-state index < -0.39 is 11.5 Å². The third kappa shape index (κ3) is 6.09. The molecule has 3 N–H and O–H groups in total. The Kier molecular flexibility index (Phi) is 8.00. The van der Waals surface area contributed by atoms with E-state index in [4.69, 9.17) is 15.3 Å². The van der Waals surface area contributed by atoms with Gasteiger partial charge in [-0.25, -0.2) is 9.86 Å². The van der Waals surface area contributed by atoms with Gasteiger partial charge in [-0.05, 0) is 56.2 Å². The fraction of sp³-hybridized carbons (Fsp3) is 0.346. The predicted molar refractivity (Wildman–Crippen MR) is 142 cm³/mol. The lowest BCUT2D eigenvalue weighted by Gasteiger charge is -2.39. The average Bonchev–Trinajstić information content (AvgIpc) is 2.96. The van der Waals surface area contributed by atoms with Gasteiger partial charge in [0.25, 0.3) is 11.8 Å². The maximum absolute atomic E-state index is 12.9. The standard InChI is InChI=1S/C26H30N8O5/c1-26(30-22(35)16-5-7-17(8-6-16)23(36)33(2)39-4)10-13-34(14-11-26)25-29-21(27)20(31-32-25)19-15-18(9-12-28-19)24(37)38-3/h5-9,12,15H,10-11,13-14H2,1-4H3,(H,30,35)(H2,27,29,32). The number of hydroxylamine groups is 2. The molecule has 0 spiro atoms. The molecule has 0 bridgehead atoms. The van der Waals surface area contributed by atoms with Gasteiger partial charge in [0, 0.05) is 43.0 Å². The van der Waals surface area contributed by atoms with Gasteiger partial charge in [0.15, 0.2) is 11.5 Å². The maximum Gasteiger partial charge on any atom is 0.337 e. The van der Waals surface area contributed by atoms with Gasteiger partial charge >= 0.3 is 5.97 Å². The van der Waals surface area contributed by atoms with Crippen molar-refractivity contribution in [2.75, 3.05) is 45.0 Å². The average molecular weight is 535 g/mol. The highest BCUT2D eigenvalue weighted by atomic mass is 16.7. The first-order valence-electron chi connectivity index (χ1n) is 12.2. The van der Waals surface area contributed by atoms with Crippen molar-refractivity contribution in [3.8, 4) is 11.4 Å². The summed E-state index contributed by atoms with van der Waals surface area (Å²) in [7, 11) is 4.22. The van der Waals surface area contributed by atoms with Crippen LogP contribution in [0, 0.1) is 0 Å². The van der Waals surface area contributed by atoms with Crippen LogP contribution < -0.4 is 16.0 Å². The van der Waals surface area contributed by atoms with E-state index in [0.29, 0.717) is 54.3 Å². The molecule has 1 saturated heterocycles. The number of esters is 1. The van der Waals surface area contributed by atoms with Gasteiger partial charge in [-0.15, -0.1) is 10.2 Å². The lowest BCUT2D eigenvalue weighted by atomic mass is 9.89. The number of pyridine rings is 1. The van der Waals surface area contributed by atoms with Gasteiger partial charge in [0.2, 0.25) is 5.95 Å². The van der Waals surface area contributed by atoms with Crippen molar-refractivity contribution in [3.63, 3.8) is 0 Å². The van der Waals surface area contributed by atoms with Crippen molar-refractivity contribution >= 4 is 29.5 Å². The lowest BCUT2D eigenvalue weighted by Crippen LogP contribution is -2.53. The summed E-state index contributed by atoms with van der Waals surface area (Å²) in [4.78, 5) is 52.4. The van der Waals surface area contributed by atoms with E-state index in [1.807, 2.05) is 11.8 Å². The van der Waals surface area contributed by atoms with Crippen LogP contribution >= 0.6 is 0 Å². The van der Waals surface area contributed by atoms with Gasteiger partial charge in [0.05, 0.1) is 25.5 Å². The summed E-state index contributed by atoms with van der Waals surface area (Å²) in [5, 5.41) is 12.7. The molecule has 2 aromatic heterocycles. The Morgan fingerprint density at radius 2 is 1.69 bits per heavy atom. The van der Waals surface area contributed by atoms with Crippen LogP contribution in [0.25, 0.3) is 11.4 Å². The summed E-state index contributed by atoms with van der Waals surface area (Å²) in [5.41, 5.74) is 7.53. The van der Waals surface area contributed by atoms with Crippen LogP contribution in [0.15, 0.2) is 42.6 Å². The number of nitrogens with one attached hydrogen (secondary N) is 1. The van der Waals surface area contributed by atoms with Crippen molar-refractivity contribution in [2.45, 2.75) is 25.3 Å². The van der Waals surface area contributed by atoms with Crippen LogP contribution in [0.2, 0.25) is 0 Å². The highest BCUT2D eigenvalue weighted by Gasteiger charge is 2.33. The minimum atomic E-state index is -0.500. The molecule has 1 fully saturated rings. The Bertz CT molecular complexity index is 1370.